The van der Waals surface area contributed by atoms with Crippen molar-refractivity contribution in [3.8, 4) is 0 Å². The Kier molecular flexibility index (Phi) is 4.75. The summed E-state index contributed by atoms with van der Waals surface area (Å²) >= 11 is 0. The van der Waals surface area contributed by atoms with Crippen molar-refractivity contribution in [3.63, 3.8) is 0 Å². The van der Waals surface area contributed by atoms with Crippen molar-refractivity contribution >= 4 is 13.6 Å². The van der Waals surface area contributed by atoms with E-state index in [0.29, 0.717) is 0 Å². The molecule has 1 unspecified atom stereocenters. The molecule has 5 N–H and O–H groups in total. The van der Waals surface area contributed by atoms with Crippen LogP contribution in [0.1, 0.15) is 6.23 Å². The molecule has 2 heterocycles. The van der Waals surface area contributed by atoms with Crippen molar-refractivity contribution < 1.29 is 33.1 Å². The van der Waals surface area contributed by atoms with E-state index in [4.69, 9.17) is 20.3 Å². The summed E-state index contributed by atoms with van der Waals surface area (Å²) in [7, 11) is -4.78. The Hall–Kier alpha value is -1.62. The fourth-order valence-electron chi connectivity index (χ4n) is 1.93. The standard InChI is InChI=1S/C10H13FN3O7P/c11-3-5-8(15)6(4-20-22(17,18)19)21-9(5)14-2-1-7(12)13-10(14)16/h1-3,6,8-9,15H,4H2,(H2,12,13,16)(H2,17,18,19)/b5-3+/t6-,8?,9-/m1/s1. The molecule has 1 aliphatic heterocycles. The van der Waals surface area contributed by atoms with Crippen molar-refractivity contribution in [2.75, 3.05) is 12.3 Å². The Morgan fingerprint density at radius 1 is 1.59 bits per heavy atom. The molecule has 2 rings (SSSR count). The van der Waals surface area contributed by atoms with Crippen molar-refractivity contribution in [1.82, 2.24) is 9.55 Å². The normalized spacial score (nSPS) is 27.5. The zero-order chi connectivity index (χ0) is 16.5. The molecule has 122 valence electrons. The number of hydrogen-bond acceptors (Lipinski definition) is 7. The molecule has 1 fully saturated rings. The number of nitrogens with zero attached hydrogens (tertiary/aromatic N) is 2. The van der Waals surface area contributed by atoms with Gasteiger partial charge in [0.15, 0.2) is 6.23 Å². The zero-order valence-corrected chi connectivity index (χ0v) is 11.8. The number of phosphoric acid groups is 1. The van der Waals surface area contributed by atoms with Crippen LogP contribution in [0, 0.1) is 0 Å². The number of hydrogen-bond donors (Lipinski definition) is 4. The number of aliphatic hydroxyl groups excluding tert-OH is 1. The Balaban J connectivity index is 2.26. The van der Waals surface area contributed by atoms with Crippen molar-refractivity contribution in [2.24, 2.45) is 0 Å². The molecular weight excluding hydrogens is 324 g/mol. The second kappa shape index (κ2) is 6.24. The first kappa shape index (κ1) is 16.7. The number of aromatic nitrogens is 2. The molecule has 0 saturated carbocycles. The van der Waals surface area contributed by atoms with Crippen LogP contribution in [-0.2, 0) is 13.8 Å². The maximum Gasteiger partial charge on any atom is 0.469 e. The molecular formula is C10H13FN3O7P. The Labute approximate surface area is 122 Å². The third-order valence-electron chi connectivity index (χ3n) is 2.92. The average Bonchev–Trinajstić information content (AvgIpc) is 2.72. The summed E-state index contributed by atoms with van der Waals surface area (Å²) in [6.45, 7) is -0.698. The zero-order valence-electron chi connectivity index (χ0n) is 10.9. The van der Waals surface area contributed by atoms with Gasteiger partial charge in [-0.25, -0.2) is 13.8 Å². The van der Waals surface area contributed by atoms with Crippen LogP contribution in [0.4, 0.5) is 10.2 Å². The summed E-state index contributed by atoms with van der Waals surface area (Å²) in [4.78, 5) is 32.4. The number of anilines is 1. The van der Waals surface area contributed by atoms with E-state index in [2.05, 4.69) is 9.51 Å². The number of aliphatic hydroxyl groups is 1. The van der Waals surface area contributed by atoms with Gasteiger partial charge in [0.2, 0.25) is 0 Å². The molecule has 12 heteroatoms. The molecule has 1 aliphatic rings. The van der Waals surface area contributed by atoms with Crippen LogP contribution in [-0.4, -0.2) is 43.3 Å². The Morgan fingerprint density at radius 2 is 2.27 bits per heavy atom. The van der Waals surface area contributed by atoms with Crippen molar-refractivity contribution in [2.45, 2.75) is 18.4 Å². The Bertz CT molecular complexity index is 687. The second-order valence-electron chi connectivity index (χ2n) is 4.41. The van der Waals surface area contributed by atoms with Gasteiger partial charge in [-0.1, -0.05) is 0 Å². The van der Waals surface area contributed by atoms with Crippen LogP contribution in [0.2, 0.25) is 0 Å². The van der Waals surface area contributed by atoms with E-state index in [1.807, 2.05) is 0 Å². The summed E-state index contributed by atoms with van der Waals surface area (Å²) in [5.74, 6) is -0.0491. The van der Waals surface area contributed by atoms with Crippen LogP contribution >= 0.6 is 7.82 Å². The predicted octanol–water partition coefficient (Wildman–Crippen LogP) is -0.954. The summed E-state index contributed by atoms with van der Waals surface area (Å²) in [5.41, 5.74) is 4.18. The van der Waals surface area contributed by atoms with E-state index in [9.17, 15) is 18.9 Å². The van der Waals surface area contributed by atoms with Crippen LogP contribution < -0.4 is 11.4 Å². The van der Waals surface area contributed by atoms with Crippen LogP contribution in [0.5, 0.6) is 0 Å². The van der Waals surface area contributed by atoms with Gasteiger partial charge in [-0.15, -0.1) is 0 Å². The minimum atomic E-state index is -4.78. The third kappa shape index (κ3) is 3.58. The number of phosphoric ester groups is 1. The van der Waals surface area contributed by atoms with Gasteiger partial charge in [0.1, 0.15) is 18.0 Å². The van der Waals surface area contributed by atoms with Gasteiger partial charge < -0.3 is 25.4 Å². The van der Waals surface area contributed by atoms with Gasteiger partial charge in [-0.2, -0.15) is 4.98 Å². The van der Waals surface area contributed by atoms with E-state index in [-0.39, 0.29) is 17.7 Å². The average molecular weight is 337 g/mol. The van der Waals surface area contributed by atoms with E-state index < -0.39 is 38.6 Å². The first-order valence-electron chi connectivity index (χ1n) is 5.91. The summed E-state index contributed by atoms with van der Waals surface area (Å²) in [5, 5.41) is 9.90. The number of nitrogen functional groups attached to an aromatic ring is 1. The first-order valence-corrected chi connectivity index (χ1v) is 7.44. The molecule has 1 aromatic rings. The predicted molar refractivity (Wildman–Crippen MR) is 70.0 cm³/mol. The fraction of sp³-hybridized carbons (Fsp3) is 0.400. The van der Waals surface area contributed by atoms with Gasteiger partial charge in [-0.3, -0.25) is 9.09 Å². The molecule has 1 aromatic heterocycles. The number of rotatable bonds is 4. The lowest BCUT2D eigenvalue weighted by Crippen LogP contribution is -2.28. The highest BCUT2D eigenvalue weighted by Gasteiger charge is 2.41. The molecule has 22 heavy (non-hydrogen) atoms. The van der Waals surface area contributed by atoms with Gasteiger partial charge in [0, 0.05) is 11.8 Å². The van der Waals surface area contributed by atoms with Crippen molar-refractivity contribution in [3.05, 3.63) is 34.7 Å². The molecule has 0 aromatic carbocycles. The highest BCUT2D eigenvalue weighted by molar-refractivity contribution is 7.46. The number of ether oxygens (including phenoxy) is 1. The van der Waals surface area contributed by atoms with Crippen molar-refractivity contribution in [1.29, 1.82) is 0 Å². The van der Waals surface area contributed by atoms with E-state index >= 15 is 0 Å². The second-order valence-corrected chi connectivity index (χ2v) is 5.65. The largest absolute Gasteiger partial charge is 0.469 e. The molecule has 10 nitrogen and oxygen atoms in total. The van der Waals surface area contributed by atoms with Crippen LogP contribution in [0.3, 0.4) is 0 Å². The summed E-state index contributed by atoms with van der Waals surface area (Å²) in [6.07, 6.45) is -2.91. The molecule has 1 saturated heterocycles. The molecule has 0 aliphatic carbocycles. The monoisotopic (exact) mass is 337 g/mol. The van der Waals surface area contributed by atoms with Gasteiger partial charge in [0.25, 0.3) is 0 Å². The highest BCUT2D eigenvalue weighted by atomic mass is 31.2. The lowest BCUT2D eigenvalue weighted by Gasteiger charge is -2.15. The molecule has 0 radical (unpaired) electrons. The SMILES string of the molecule is Nc1ccn([C@@H]2O[C@H](COP(=O)(O)O)C(O)/C2=C\F)c(=O)n1. The first-order chi connectivity index (χ1) is 10.2. The van der Waals surface area contributed by atoms with E-state index in [1.165, 1.54) is 12.3 Å². The van der Waals surface area contributed by atoms with Gasteiger partial charge in [-0.05, 0) is 6.07 Å². The fourth-order valence-corrected chi connectivity index (χ4v) is 2.27. The lowest BCUT2D eigenvalue weighted by molar-refractivity contribution is -0.0439. The van der Waals surface area contributed by atoms with E-state index in [1.54, 1.807) is 0 Å². The quantitative estimate of drug-likeness (QED) is 0.508. The molecule has 0 amide bonds. The molecule has 0 bridgehead atoms. The summed E-state index contributed by atoms with van der Waals surface area (Å²) < 4.78 is 34.0. The lowest BCUT2D eigenvalue weighted by atomic mass is 10.1. The maximum atomic E-state index is 13.0. The van der Waals surface area contributed by atoms with Gasteiger partial charge >= 0.3 is 13.5 Å². The number of nitrogens with two attached hydrogens (primary N) is 1. The Morgan fingerprint density at radius 3 is 2.82 bits per heavy atom. The minimum absolute atomic E-state index is 0.0491. The minimum Gasteiger partial charge on any atom is -0.386 e. The van der Waals surface area contributed by atoms with Crippen LogP contribution in [0.25, 0.3) is 0 Å². The molecule has 0 spiro atoms. The van der Waals surface area contributed by atoms with Gasteiger partial charge in [0.05, 0.1) is 12.9 Å². The van der Waals surface area contributed by atoms with Crippen LogP contribution in [0.15, 0.2) is 29.0 Å². The highest BCUT2D eigenvalue weighted by Crippen LogP contribution is 2.39. The third-order valence-corrected chi connectivity index (χ3v) is 3.41. The topological polar surface area (TPSA) is 157 Å². The maximum absolute atomic E-state index is 13.0. The number of halogens is 1. The molecule has 3 atom stereocenters. The van der Waals surface area contributed by atoms with E-state index in [0.717, 1.165) is 4.57 Å². The smallest absolute Gasteiger partial charge is 0.386 e. The summed E-state index contributed by atoms with van der Waals surface area (Å²) in [6, 6.07) is 1.27.